The van der Waals surface area contributed by atoms with Gasteiger partial charge in [0.15, 0.2) is 0 Å². The Morgan fingerprint density at radius 2 is 2.19 bits per heavy atom. The third-order valence-corrected chi connectivity index (χ3v) is 2.97. The predicted octanol–water partition coefficient (Wildman–Crippen LogP) is 2.06. The van der Waals surface area contributed by atoms with Crippen molar-refractivity contribution in [3.8, 4) is 12.3 Å². The quantitative estimate of drug-likeness (QED) is 0.641. The van der Waals surface area contributed by atoms with Gasteiger partial charge in [-0.1, -0.05) is 5.92 Å². The summed E-state index contributed by atoms with van der Waals surface area (Å²) in [5, 5.41) is 2.34. The van der Waals surface area contributed by atoms with Gasteiger partial charge in [-0.25, -0.2) is 4.39 Å². The zero-order valence-electron chi connectivity index (χ0n) is 8.87. The van der Waals surface area contributed by atoms with E-state index in [-0.39, 0.29) is 23.5 Å². The van der Waals surface area contributed by atoms with Crippen molar-refractivity contribution in [3.05, 3.63) is 30.1 Å². The van der Waals surface area contributed by atoms with Crippen molar-refractivity contribution in [2.75, 3.05) is 6.54 Å². The van der Waals surface area contributed by atoms with Gasteiger partial charge in [0.1, 0.15) is 5.82 Å². The van der Waals surface area contributed by atoms with Crippen LogP contribution in [0.5, 0.6) is 0 Å². The van der Waals surface area contributed by atoms with Gasteiger partial charge in [0.25, 0.3) is 0 Å². The van der Waals surface area contributed by atoms with Crippen molar-refractivity contribution < 1.29 is 9.18 Å². The minimum Gasteiger partial charge on any atom is -0.344 e. The maximum Gasteiger partial charge on any atom is 0.233 e. The monoisotopic (exact) mass is 237 g/mol. The number of thioether (sulfide) groups is 1. The van der Waals surface area contributed by atoms with Crippen LogP contribution < -0.4 is 5.32 Å². The summed E-state index contributed by atoms with van der Waals surface area (Å²) in [4.78, 5) is 12.3. The van der Waals surface area contributed by atoms with Crippen molar-refractivity contribution in [1.82, 2.24) is 5.32 Å². The number of hydrogen-bond acceptors (Lipinski definition) is 2. The van der Waals surface area contributed by atoms with E-state index < -0.39 is 0 Å². The lowest BCUT2D eigenvalue weighted by Gasteiger charge is -2.10. The molecular formula is C12H12FNOS. The van der Waals surface area contributed by atoms with E-state index in [1.165, 1.54) is 23.9 Å². The lowest BCUT2D eigenvalue weighted by Crippen LogP contribution is -2.30. The van der Waals surface area contributed by atoms with Crippen LogP contribution in [-0.4, -0.2) is 17.7 Å². The molecule has 1 atom stereocenters. The molecule has 0 saturated heterocycles. The maximum atomic E-state index is 12.6. The molecule has 1 rings (SSSR count). The lowest BCUT2D eigenvalue weighted by atomic mass is 10.3. The molecule has 0 fully saturated rings. The van der Waals surface area contributed by atoms with E-state index in [2.05, 4.69) is 11.2 Å². The molecule has 0 aromatic heterocycles. The number of hydrogen-bond donors (Lipinski definition) is 1. The fourth-order valence-corrected chi connectivity index (χ4v) is 1.94. The van der Waals surface area contributed by atoms with Crippen molar-refractivity contribution in [1.29, 1.82) is 0 Å². The highest BCUT2D eigenvalue weighted by molar-refractivity contribution is 8.00. The fraction of sp³-hybridized carbons (Fsp3) is 0.250. The highest BCUT2D eigenvalue weighted by Crippen LogP contribution is 2.23. The second-order valence-electron chi connectivity index (χ2n) is 3.14. The molecule has 0 aliphatic rings. The summed E-state index contributed by atoms with van der Waals surface area (Å²) in [5.74, 6) is 1.93. The van der Waals surface area contributed by atoms with E-state index in [1.54, 1.807) is 19.1 Å². The number of amides is 1. The van der Waals surface area contributed by atoms with E-state index in [1.807, 2.05) is 0 Å². The molecule has 84 valence electrons. The first-order valence-electron chi connectivity index (χ1n) is 4.77. The van der Waals surface area contributed by atoms with Crippen LogP contribution in [-0.2, 0) is 4.79 Å². The zero-order chi connectivity index (χ0) is 12.0. The number of terminal acetylenes is 1. The van der Waals surface area contributed by atoms with Crippen molar-refractivity contribution in [2.45, 2.75) is 17.1 Å². The summed E-state index contributed by atoms with van der Waals surface area (Å²) in [6.07, 6.45) is 5.03. The molecule has 1 amide bonds. The molecule has 1 aromatic carbocycles. The Morgan fingerprint density at radius 1 is 1.56 bits per heavy atom. The molecule has 16 heavy (non-hydrogen) atoms. The van der Waals surface area contributed by atoms with E-state index >= 15 is 0 Å². The first kappa shape index (κ1) is 12.6. The summed E-state index contributed by atoms with van der Waals surface area (Å²) in [5.41, 5.74) is 0. The molecule has 0 aliphatic carbocycles. The summed E-state index contributed by atoms with van der Waals surface area (Å²) < 4.78 is 12.6. The second-order valence-corrected chi connectivity index (χ2v) is 4.55. The minimum atomic E-state index is -0.284. The topological polar surface area (TPSA) is 29.1 Å². The Hall–Kier alpha value is -1.47. The lowest BCUT2D eigenvalue weighted by molar-refractivity contribution is -0.120. The van der Waals surface area contributed by atoms with Gasteiger partial charge in [-0.3, -0.25) is 4.79 Å². The van der Waals surface area contributed by atoms with Crippen molar-refractivity contribution in [3.63, 3.8) is 0 Å². The molecule has 1 aromatic rings. The Balaban J connectivity index is 2.51. The minimum absolute atomic E-state index is 0.118. The molecule has 0 bridgehead atoms. The van der Waals surface area contributed by atoms with Crippen molar-refractivity contribution in [2.24, 2.45) is 0 Å². The second kappa shape index (κ2) is 6.19. The predicted molar refractivity (Wildman–Crippen MR) is 63.6 cm³/mol. The van der Waals surface area contributed by atoms with Crippen LogP contribution in [0.4, 0.5) is 4.39 Å². The average molecular weight is 237 g/mol. The van der Waals surface area contributed by atoms with Crippen LogP contribution in [0.25, 0.3) is 0 Å². The van der Waals surface area contributed by atoms with Crippen LogP contribution >= 0.6 is 11.8 Å². The highest BCUT2D eigenvalue weighted by atomic mass is 32.2. The first-order chi connectivity index (χ1) is 7.63. The number of carbonyl (C=O) groups is 1. The van der Waals surface area contributed by atoms with Crippen LogP contribution in [0.2, 0.25) is 0 Å². The summed E-state index contributed by atoms with van der Waals surface area (Å²) in [7, 11) is 0. The summed E-state index contributed by atoms with van der Waals surface area (Å²) in [6.45, 7) is 2.01. The maximum absolute atomic E-state index is 12.6. The first-order valence-corrected chi connectivity index (χ1v) is 5.65. The van der Waals surface area contributed by atoms with Gasteiger partial charge in [0.2, 0.25) is 5.91 Å². The smallest absolute Gasteiger partial charge is 0.233 e. The van der Waals surface area contributed by atoms with Crippen LogP contribution in [0.1, 0.15) is 6.92 Å². The van der Waals surface area contributed by atoms with Crippen LogP contribution in [0, 0.1) is 18.2 Å². The third-order valence-electron chi connectivity index (χ3n) is 1.86. The number of benzene rings is 1. The third kappa shape index (κ3) is 3.95. The van der Waals surface area contributed by atoms with Crippen LogP contribution in [0.3, 0.4) is 0 Å². The highest BCUT2D eigenvalue weighted by Gasteiger charge is 2.13. The number of nitrogens with one attached hydrogen (secondary N) is 1. The van der Waals surface area contributed by atoms with Gasteiger partial charge in [0, 0.05) is 4.90 Å². The van der Waals surface area contributed by atoms with Gasteiger partial charge in [-0.05, 0) is 31.2 Å². The largest absolute Gasteiger partial charge is 0.344 e. The van der Waals surface area contributed by atoms with Crippen molar-refractivity contribution >= 4 is 17.7 Å². The number of rotatable bonds is 4. The normalized spacial score (nSPS) is 11.6. The Kier molecular flexibility index (Phi) is 4.87. The molecule has 0 spiro atoms. The number of carbonyl (C=O) groups excluding carboxylic acids is 1. The molecule has 2 nitrogen and oxygen atoms in total. The van der Waals surface area contributed by atoms with E-state index in [4.69, 9.17) is 6.42 Å². The van der Waals surface area contributed by atoms with Crippen LogP contribution in [0.15, 0.2) is 29.2 Å². The molecule has 0 radical (unpaired) electrons. The zero-order valence-corrected chi connectivity index (χ0v) is 9.68. The molecule has 4 heteroatoms. The van der Waals surface area contributed by atoms with E-state index in [0.29, 0.717) is 0 Å². The average Bonchev–Trinajstić information content (AvgIpc) is 2.29. The van der Waals surface area contributed by atoms with Gasteiger partial charge < -0.3 is 5.32 Å². The van der Waals surface area contributed by atoms with E-state index in [0.717, 1.165) is 4.90 Å². The molecular weight excluding hydrogens is 225 g/mol. The molecule has 0 unspecified atom stereocenters. The SMILES string of the molecule is C#CCNC(=O)[C@@H](C)Sc1ccc(F)cc1. The standard InChI is InChI=1S/C12H12FNOS/c1-3-8-14-12(15)9(2)16-11-6-4-10(13)5-7-11/h1,4-7,9H,8H2,2H3,(H,14,15)/t9-/m1/s1. The van der Waals surface area contributed by atoms with Gasteiger partial charge in [0.05, 0.1) is 11.8 Å². The summed E-state index contributed by atoms with van der Waals surface area (Å²) >= 11 is 1.36. The Labute approximate surface area is 98.6 Å². The Morgan fingerprint density at radius 3 is 2.75 bits per heavy atom. The fourth-order valence-electron chi connectivity index (χ4n) is 1.05. The molecule has 0 saturated carbocycles. The summed E-state index contributed by atoms with van der Waals surface area (Å²) in [6, 6.07) is 6.03. The Bertz CT molecular complexity index is 396. The van der Waals surface area contributed by atoms with Gasteiger partial charge in [-0.2, -0.15) is 0 Å². The molecule has 1 N–H and O–H groups in total. The molecule has 0 aliphatic heterocycles. The van der Waals surface area contributed by atoms with E-state index in [9.17, 15) is 9.18 Å². The van der Waals surface area contributed by atoms with Gasteiger partial charge >= 0.3 is 0 Å². The molecule has 0 heterocycles. The number of halogens is 1. The van der Waals surface area contributed by atoms with Gasteiger partial charge in [-0.15, -0.1) is 18.2 Å².